The molecule has 0 atom stereocenters. The largest absolute Gasteiger partial charge is 0.287 e. The van der Waals surface area contributed by atoms with Gasteiger partial charge < -0.3 is 0 Å². The van der Waals surface area contributed by atoms with Gasteiger partial charge >= 0.3 is 0 Å². The maximum atomic E-state index is 13.2. The van der Waals surface area contributed by atoms with Crippen LogP contribution in [0.15, 0.2) is 78.1 Å². The van der Waals surface area contributed by atoms with Gasteiger partial charge in [-0.3, -0.25) is 9.48 Å². The van der Waals surface area contributed by atoms with Crippen LogP contribution in [0.1, 0.15) is 22.4 Å². The molecule has 0 saturated carbocycles. The fourth-order valence-corrected chi connectivity index (χ4v) is 3.70. The maximum Gasteiger partial charge on any atom is 0.215 e. The van der Waals surface area contributed by atoms with Crippen molar-refractivity contribution in [2.24, 2.45) is 0 Å². The molecule has 0 spiro atoms. The summed E-state index contributed by atoms with van der Waals surface area (Å²) in [6, 6.07) is 22.4. The summed E-state index contributed by atoms with van der Waals surface area (Å²) in [4.78, 5) is 13.2. The van der Waals surface area contributed by atoms with Crippen LogP contribution in [-0.4, -0.2) is 9.78 Å². The highest BCUT2D eigenvalue weighted by molar-refractivity contribution is 5.96. The molecule has 28 heavy (non-hydrogen) atoms. The van der Waals surface area contributed by atoms with E-state index >= 15 is 0 Å². The summed E-state index contributed by atoms with van der Waals surface area (Å²) in [7, 11) is 0. The highest BCUT2D eigenvalue weighted by atomic mass is 16.1. The van der Waals surface area contributed by atoms with Gasteiger partial charge in [-0.05, 0) is 48.2 Å². The molecule has 1 aromatic heterocycles. The number of nitrogens with zero attached hydrogens (tertiary/aromatic N) is 2. The van der Waals surface area contributed by atoms with E-state index in [0.717, 1.165) is 27.8 Å². The number of fused-ring (bicyclic) bond motifs is 1. The van der Waals surface area contributed by atoms with Crippen LogP contribution >= 0.6 is 0 Å². The minimum Gasteiger partial charge on any atom is -0.287 e. The van der Waals surface area contributed by atoms with E-state index in [1.165, 1.54) is 5.56 Å². The van der Waals surface area contributed by atoms with E-state index in [1.54, 1.807) is 6.08 Å². The number of benzene rings is 3. The lowest BCUT2D eigenvalue weighted by molar-refractivity contribution is 0.691. The van der Waals surface area contributed by atoms with E-state index in [0.29, 0.717) is 17.6 Å². The molecule has 138 valence electrons. The summed E-state index contributed by atoms with van der Waals surface area (Å²) in [6.45, 7) is 8.55. The molecule has 0 N–H and O–H groups in total. The molecule has 0 aliphatic carbocycles. The Hall–Kier alpha value is -3.46. The van der Waals surface area contributed by atoms with Crippen LogP contribution in [0, 0.1) is 13.8 Å². The number of aromatic nitrogens is 2. The van der Waals surface area contributed by atoms with Gasteiger partial charge in [0.2, 0.25) is 5.43 Å². The second kappa shape index (κ2) is 7.28. The van der Waals surface area contributed by atoms with Crippen LogP contribution in [-0.2, 0) is 6.54 Å². The molecule has 0 aliphatic heterocycles. The van der Waals surface area contributed by atoms with Crippen LogP contribution in [0.5, 0.6) is 0 Å². The molecule has 0 saturated heterocycles. The smallest absolute Gasteiger partial charge is 0.215 e. The van der Waals surface area contributed by atoms with Crippen molar-refractivity contribution >= 4 is 17.0 Å². The Balaban J connectivity index is 2.02. The van der Waals surface area contributed by atoms with Crippen LogP contribution in [0.2, 0.25) is 0 Å². The van der Waals surface area contributed by atoms with Crippen molar-refractivity contribution < 1.29 is 0 Å². The third-order valence-electron chi connectivity index (χ3n) is 5.05. The predicted octanol–water partition coefficient (Wildman–Crippen LogP) is 5.37. The zero-order valence-corrected chi connectivity index (χ0v) is 16.1. The Bertz CT molecular complexity index is 1240. The van der Waals surface area contributed by atoms with Crippen LogP contribution in [0.3, 0.4) is 0 Å². The summed E-state index contributed by atoms with van der Waals surface area (Å²) in [5.41, 5.74) is 6.62. The molecule has 3 aromatic carbocycles. The number of rotatable bonds is 4. The normalized spacial score (nSPS) is 10.9. The fourth-order valence-electron chi connectivity index (χ4n) is 3.70. The molecular formula is C25H22N2O. The number of aryl methyl sites for hydroxylation is 2. The fraction of sp³-hybridized carbons (Fsp3) is 0.120. The van der Waals surface area contributed by atoms with E-state index < -0.39 is 0 Å². The summed E-state index contributed by atoms with van der Waals surface area (Å²) in [5, 5.41) is 5.26. The SMILES string of the molecule is C=Cc1nn(Cc2ccccc2)c2cccc(-c3ccc(C)cc3C)c2c1=O. The van der Waals surface area contributed by atoms with Gasteiger partial charge in [-0.2, -0.15) is 5.10 Å². The molecule has 4 rings (SSSR count). The molecule has 0 radical (unpaired) electrons. The van der Waals surface area contributed by atoms with Crippen LogP contribution < -0.4 is 5.43 Å². The molecule has 4 aromatic rings. The lowest BCUT2D eigenvalue weighted by Gasteiger charge is -2.15. The molecule has 0 fully saturated rings. The van der Waals surface area contributed by atoms with Gasteiger partial charge in [0.1, 0.15) is 5.69 Å². The lowest BCUT2D eigenvalue weighted by Crippen LogP contribution is -2.18. The quantitative estimate of drug-likeness (QED) is 0.486. The Morgan fingerprint density at radius 2 is 1.75 bits per heavy atom. The maximum absolute atomic E-state index is 13.2. The first-order valence-corrected chi connectivity index (χ1v) is 9.36. The van der Waals surface area contributed by atoms with Gasteiger partial charge in [-0.25, -0.2) is 0 Å². The van der Waals surface area contributed by atoms with Crippen molar-refractivity contribution in [1.82, 2.24) is 9.78 Å². The summed E-state index contributed by atoms with van der Waals surface area (Å²) < 4.78 is 1.90. The van der Waals surface area contributed by atoms with Crippen LogP contribution in [0.4, 0.5) is 0 Å². The number of hydrogen-bond donors (Lipinski definition) is 0. The van der Waals surface area contributed by atoms with Crippen molar-refractivity contribution in [1.29, 1.82) is 0 Å². The Morgan fingerprint density at radius 3 is 2.46 bits per heavy atom. The molecule has 3 heteroatoms. The summed E-state index contributed by atoms with van der Waals surface area (Å²) in [6.07, 6.45) is 1.54. The second-order valence-electron chi connectivity index (χ2n) is 7.08. The van der Waals surface area contributed by atoms with Crippen molar-refractivity contribution in [3.63, 3.8) is 0 Å². The molecule has 0 unspecified atom stereocenters. The number of hydrogen-bond acceptors (Lipinski definition) is 2. The summed E-state index contributed by atoms with van der Waals surface area (Å²) >= 11 is 0. The van der Waals surface area contributed by atoms with E-state index in [1.807, 2.05) is 41.1 Å². The van der Waals surface area contributed by atoms with E-state index in [4.69, 9.17) is 0 Å². The minimum atomic E-state index is -0.0788. The zero-order chi connectivity index (χ0) is 19.7. The van der Waals surface area contributed by atoms with Crippen molar-refractivity contribution in [3.05, 3.63) is 106 Å². The lowest BCUT2D eigenvalue weighted by atomic mass is 9.95. The summed E-state index contributed by atoms with van der Waals surface area (Å²) in [5.74, 6) is 0. The monoisotopic (exact) mass is 366 g/mol. The Morgan fingerprint density at radius 1 is 0.964 bits per heavy atom. The minimum absolute atomic E-state index is 0.0788. The van der Waals surface area contributed by atoms with Crippen molar-refractivity contribution in [2.75, 3.05) is 0 Å². The Labute approximate surface area is 164 Å². The Kier molecular flexibility index (Phi) is 4.66. The van der Waals surface area contributed by atoms with Crippen molar-refractivity contribution in [2.45, 2.75) is 20.4 Å². The van der Waals surface area contributed by atoms with E-state index in [9.17, 15) is 4.79 Å². The first-order valence-electron chi connectivity index (χ1n) is 9.36. The van der Waals surface area contributed by atoms with E-state index in [2.05, 4.69) is 55.9 Å². The topological polar surface area (TPSA) is 34.9 Å². The van der Waals surface area contributed by atoms with Gasteiger partial charge in [-0.1, -0.05) is 72.8 Å². The highest BCUT2D eigenvalue weighted by Gasteiger charge is 2.15. The predicted molar refractivity (Wildman–Crippen MR) is 117 cm³/mol. The average Bonchev–Trinajstić information content (AvgIpc) is 2.70. The molecule has 0 amide bonds. The van der Waals surface area contributed by atoms with Crippen molar-refractivity contribution in [3.8, 4) is 11.1 Å². The van der Waals surface area contributed by atoms with Gasteiger partial charge in [-0.15, -0.1) is 0 Å². The molecule has 0 aliphatic rings. The highest BCUT2D eigenvalue weighted by Crippen LogP contribution is 2.30. The molecule has 0 bridgehead atoms. The van der Waals surface area contributed by atoms with Gasteiger partial charge in [0.25, 0.3) is 0 Å². The van der Waals surface area contributed by atoms with Gasteiger partial charge in [0.05, 0.1) is 17.4 Å². The standard InChI is InChI=1S/C25H22N2O/c1-4-22-25(28)24-21(20-14-13-17(2)15-18(20)3)11-8-12-23(24)27(26-22)16-19-9-6-5-7-10-19/h4-15H,1,16H2,2-3H3. The van der Waals surface area contributed by atoms with Crippen LogP contribution in [0.25, 0.3) is 28.1 Å². The third kappa shape index (κ3) is 3.16. The zero-order valence-electron chi connectivity index (χ0n) is 16.1. The average molecular weight is 366 g/mol. The van der Waals surface area contributed by atoms with E-state index in [-0.39, 0.29) is 5.43 Å². The second-order valence-corrected chi connectivity index (χ2v) is 7.08. The molecule has 1 heterocycles. The van der Waals surface area contributed by atoms with Gasteiger partial charge in [0, 0.05) is 0 Å². The van der Waals surface area contributed by atoms with Gasteiger partial charge in [0.15, 0.2) is 0 Å². The first-order chi connectivity index (χ1) is 13.6. The third-order valence-corrected chi connectivity index (χ3v) is 5.05. The first kappa shape index (κ1) is 17.9. The molecular weight excluding hydrogens is 344 g/mol. The molecule has 3 nitrogen and oxygen atoms in total.